The number of benzene rings is 2. The predicted octanol–water partition coefficient (Wildman–Crippen LogP) is 4.66. The molecule has 7 heteroatoms. The van der Waals surface area contributed by atoms with Crippen molar-refractivity contribution in [1.82, 2.24) is 9.97 Å². The highest BCUT2D eigenvalue weighted by molar-refractivity contribution is 5.90. The van der Waals surface area contributed by atoms with Crippen LogP contribution in [0.4, 0.5) is 21.0 Å². The lowest BCUT2D eigenvalue weighted by Crippen LogP contribution is -2.42. The molecule has 1 aliphatic rings. The Labute approximate surface area is 168 Å². The number of rotatable bonds is 5. The number of hydrogen-bond acceptors (Lipinski definition) is 5. The van der Waals surface area contributed by atoms with Crippen molar-refractivity contribution >= 4 is 17.9 Å². The Morgan fingerprint density at radius 3 is 2.59 bits per heavy atom. The number of hydrogen-bond donors (Lipinski definition) is 1. The van der Waals surface area contributed by atoms with Gasteiger partial charge in [-0.05, 0) is 43.2 Å². The summed E-state index contributed by atoms with van der Waals surface area (Å²) < 4.78 is 18.5. The van der Waals surface area contributed by atoms with Crippen LogP contribution in [-0.2, 0) is 10.3 Å². The third-order valence-corrected chi connectivity index (χ3v) is 5.13. The van der Waals surface area contributed by atoms with Crippen LogP contribution < -0.4 is 10.2 Å². The molecule has 1 aliphatic heterocycles. The van der Waals surface area contributed by atoms with Gasteiger partial charge in [-0.3, -0.25) is 0 Å². The second kappa shape index (κ2) is 7.50. The Kier molecular flexibility index (Phi) is 4.88. The van der Waals surface area contributed by atoms with E-state index >= 15 is 0 Å². The highest BCUT2D eigenvalue weighted by Gasteiger charge is 2.46. The van der Waals surface area contributed by atoms with Crippen LogP contribution in [-0.4, -0.2) is 22.7 Å². The smallest absolute Gasteiger partial charge is 0.416 e. The summed E-state index contributed by atoms with van der Waals surface area (Å²) in [5, 5.41) is 3.20. The third-order valence-electron chi connectivity index (χ3n) is 5.13. The van der Waals surface area contributed by atoms with Gasteiger partial charge in [-0.25, -0.2) is 19.1 Å². The Morgan fingerprint density at radius 1 is 1.14 bits per heavy atom. The lowest BCUT2D eigenvalue weighted by molar-refractivity contribution is 0.174. The molecule has 2 atom stereocenters. The fourth-order valence-corrected chi connectivity index (χ4v) is 3.46. The normalized spacial score (nSPS) is 19.7. The Bertz CT molecular complexity index is 1010. The molecule has 0 spiro atoms. The van der Waals surface area contributed by atoms with Crippen molar-refractivity contribution in [3.63, 3.8) is 0 Å². The first-order chi connectivity index (χ1) is 14.0. The number of nitrogens with zero attached hydrogens (tertiary/aromatic N) is 3. The van der Waals surface area contributed by atoms with E-state index in [4.69, 9.17) is 4.74 Å². The van der Waals surface area contributed by atoms with Gasteiger partial charge < -0.3 is 10.1 Å². The van der Waals surface area contributed by atoms with Crippen molar-refractivity contribution in [2.45, 2.75) is 25.4 Å². The minimum absolute atomic E-state index is 0.142. The molecule has 2 aromatic carbocycles. The molecule has 29 heavy (non-hydrogen) atoms. The van der Waals surface area contributed by atoms with Crippen LogP contribution in [0, 0.1) is 5.82 Å². The van der Waals surface area contributed by atoms with Crippen molar-refractivity contribution in [2.24, 2.45) is 0 Å². The number of amides is 1. The molecule has 1 unspecified atom stereocenters. The summed E-state index contributed by atoms with van der Waals surface area (Å²) in [5.41, 5.74) is 1.18. The van der Waals surface area contributed by atoms with E-state index in [1.807, 2.05) is 44.2 Å². The molecule has 1 fully saturated rings. The fourth-order valence-electron chi connectivity index (χ4n) is 3.46. The zero-order valence-corrected chi connectivity index (χ0v) is 16.2. The molecule has 1 saturated heterocycles. The van der Waals surface area contributed by atoms with Gasteiger partial charge in [0.05, 0.1) is 6.04 Å². The lowest BCUT2D eigenvalue weighted by Gasteiger charge is -2.31. The van der Waals surface area contributed by atoms with Crippen LogP contribution in [0.25, 0.3) is 0 Å². The number of ether oxygens (including phenoxy) is 1. The van der Waals surface area contributed by atoms with Gasteiger partial charge in [-0.15, -0.1) is 0 Å². The Balaban J connectivity index is 1.62. The number of halogens is 1. The minimum Gasteiger partial charge on any atom is -0.446 e. The molecule has 6 nitrogen and oxygen atoms in total. The van der Waals surface area contributed by atoms with Crippen molar-refractivity contribution in [3.05, 3.63) is 83.8 Å². The van der Waals surface area contributed by atoms with E-state index in [2.05, 4.69) is 15.3 Å². The number of cyclic esters (lactones) is 1. The van der Waals surface area contributed by atoms with Gasteiger partial charge in [-0.1, -0.05) is 42.5 Å². The summed E-state index contributed by atoms with van der Waals surface area (Å²) in [6.07, 6.45) is 1.14. The van der Waals surface area contributed by atoms with Gasteiger partial charge in [0, 0.05) is 6.20 Å². The first-order valence-electron chi connectivity index (χ1n) is 9.35. The molecule has 1 aromatic heterocycles. The van der Waals surface area contributed by atoms with Crippen LogP contribution in [0.2, 0.25) is 0 Å². The first kappa shape index (κ1) is 18.9. The number of nitrogens with one attached hydrogen (secondary N) is 1. The maximum atomic E-state index is 13.2. The van der Waals surface area contributed by atoms with Crippen LogP contribution in [0.3, 0.4) is 0 Å². The number of aromatic nitrogens is 2. The predicted molar refractivity (Wildman–Crippen MR) is 108 cm³/mol. The highest BCUT2D eigenvalue weighted by atomic mass is 19.1. The highest BCUT2D eigenvalue weighted by Crippen LogP contribution is 2.37. The molecule has 0 aliphatic carbocycles. The third kappa shape index (κ3) is 3.63. The van der Waals surface area contributed by atoms with Crippen molar-refractivity contribution in [1.29, 1.82) is 0 Å². The molecule has 1 amide bonds. The van der Waals surface area contributed by atoms with E-state index in [0.29, 0.717) is 11.8 Å². The summed E-state index contributed by atoms with van der Waals surface area (Å²) in [6.45, 7) is 4.11. The van der Waals surface area contributed by atoms with E-state index in [9.17, 15) is 9.18 Å². The molecular weight excluding hydrogens is 371 g/mol. The standard InChI is InChI=1S/C22H21FN4O2/c1-15(16-8-10-18(23)11-9-16)25-20-24-13-12-19(26-20)27-21(28)29-14-22(27,2)17-6-4-3-5-7-17/h3-13,15H,14H2,1-2H3,(H,24,25,26)/t15-,22?/m0/s1. The SMILES string of the molecule is C[C@H](Nc1nccc(N2C(=O)OCC2(C)c2ccccc2)n1)c1ccc(F)cc1. The van der Waals surface area contributed by atoms with Crippen molar-refractivity contribution in [3.8, 4) is 0 Å². The van der Waals surface area contributed by atoms with E-state index in [-0.39, 0.29) is 18.5 Å². The van der Waals surface area contributed by atoms with Crippen LogP contribution in [0.5, 0.6) is 0 Å². The molecular formula is C22H21FN4O2. The number of anilines is 2. The molecule has 4 rings (SSSR count). The number of carbonyl (C=O) groups is 1. The summed E-state index contributed by atoms with van der Waals surface area (Å²) in [6, 6.07) is 17.5. The largest absolute Gasteiger partial charge is 0.446 e. The molecule has 0 saturated carbocycles. The van der Waals surface area contributed by atoms with Gasteiger partial charge in [0.25, 0.3) is 0 Å². The van der Waals surface area contributed by atoms with Gasteiger partial charge in [0.15, 0.2) is 0 Å². The summed E-state index contributed by atoms with van der Waals surface area (Å²) in [4.78, 5) is 22.9. The summed E-state index contributed by atoms with van der Waals surface area (Å²) in [7, 11) is 0. The zero-order valence-electron chi connectivity index (χ0n) is 16.2. The van der Waals surface area contributed by atoms with Crippen LogP contribution >= 0.6 is 0 Å². The quantitative estimate of drug-likeness (QED) is 0.684. The Hall–Kier alpha value is -3.48. The minimum atomic E-state index is -0.674. The molecule has 148 valence electrons. The maximum absolute atomic E-state index is 13.2. The molecule has 0 bridgehead atoms. The fraction of sp³-hybridized carbons (Fsp3) is 0.227. The van der Waals surface area contributed by atoms with Crippen LogP contribution in [0.15, 0.2) is 66.9 Å². The Morgan fingerprint density at radius 2 is 1.86 bits per heavy atom. The molecule has 0 radical (unpaired) electrons. The average Bonchev–Trinajstić information content (AvgIpc) is 3.05. The van der Waals surface area contributed by atoms with Crippen LogP contribution in [0.1, 0.15) is 31.0 Å². The first-order valence-corrected chi connectivity index (χ1v) is 9.35. The maximum Gasteiger partial charge on any atom is 0.416 e. The zero-order chi connectivity index (χ0) is 20.4. The topological polar surface area (TPSA) is 67.4 Å². The van der Waals surface area contributed by atoms with E-state index in [1.165, 1.54) is 12.1 Å². The average molecular weight is 392 g/mol. The lowest BCUT2D eigenvalue weighted by atomic mass is 9.92. The van der Waals surface area contributed by atoms with E-state index in [0.717, 1.165) is 11.1 Å². The van der Waals surface area contributed by atoms with Gasteiger partial charge >= 0.3 is 6.09 Å². The molecule has 1 N–H and O–H groups in total. The second-order valence-corrected chi connectivity index (χ2v) is 7.19. The van der Waals surface area contributed by atoms with Gasteiger partial charge in [0.1, 0.15) is 23.8 Å². The van der Waals surface area contributed by atoms with E-state index < -0.39 is 11.6 Å². The number of carbonyl (C=O) groups excluding carboxylic acids is 1. The van der Waals surface area contributed by atoms with E-state index in [1.54, 1.807) is 29.3 Å². The van der Waals surface area contributed by atoms with Gasteiger partial charge in [0.2, 0.25) is 5.95 Å². The molecule has 2 heterocycles. The second-order valence-electron chi connectivity index (χ2n) is 7.19. The monoisotopic (exact) mass is 392 g/mol. The van der Waals surface area contributed by atoms with Gasteiger partial charge in [-0.2, -0.15) is 4.98 Å². The van der Waals surface area contributed by atoms with Crippen molar-refractivity contribution < 1.29 is 13.9 Å². The molecule has 3 aromatic rings. The van der Waals surface area contributed by atoms with Crippen molar-refractivity contribution in [2.75, 3.05) is 16.8 Å². The summed E-state index contributed by atoms with van der Waals surface area (Å²) in [5.74, 6) is 0.532. The summed E-state index contributed by atoms with van der Waals surface area (Å²) >= 11 is 0.